The summed E-state index contributed by atoms with van der Waals surface area (Å²) < 4.78 is 115. The third-order valence-electron chi connectivity index (χ3n) is 2.64. The van der Waals surface area contributed by atoms with Crippen LogP contribution in [0, 0.1) is 0 Å². The SMILES string of the molecule is O=C(CC(=O)C(F)(F)F)c1ccc(OCC(F)(F)F)c(C(F)(F)F)c1. The van der Waals surface area contributed by atoms with Crippen molar-refractivity contribution < 1.29 is 53.8 Å². The Labute approximate surface area is 133 Å². The van der Waals surface area contributed by atoms with Gasteiger partial charge in [0.2, 0.25) is 5.78 Å². The van der Waals surface area contributed by atoms with Crippen molar-refractivity contribution >= 4 is 11.6 Å². The number of carbonyl (C=O) groups excluding carboxylic acids is 2. The molecule has 0 N–H and O–H groups in total. The van der Waals surface area contributed by atoms with Gasteiger partial charge in [0.25, 0.3) is 0 Å². The van der Waals surface area contributed by atoms with Crippen LogP contribution in [0.3, 0.4) is 0 Å². The Morgan fingerprint density at radius 3 is 1.92 bits per heavy atom. The minimum Gasteiger partial charge on any atom is -0.483 e. The van der Waals surface area contributed by atoms with Gasteiger partial charge in [0.15, 0.2) is 12.4 Å². The predicted molar refractivity (Wildman–Crippen MR) is 63.0 cm³/mol. The zero-order chi connectivity index (χ0) is 19.6. The van der Waals surface area contributed by atoms with Gasteiger partial charge in [0.1, 0.15) is 5.75 Å². The molecule has 0 aliphatic carbocycles. The first-order valence-electron chi connectivity index (χ1n) is 6.15. The number of Topliss-reactive ketones (excluding diaryl/α,β-unsaturated/α-hetero) is 2. The highest BCUT2D eigenvalue weighted by Gasteiger charge is 2.40. The number of ether oxygens (including phenoxy) is 1. The van der Waals surface area contributed by atoms with Crippen molar-refractivity contribution in [3.05, 3.63) is 29.3 Å². The zero-order valence-corrected chi connectivity index (χ0v) is 11.8. The second-order valence-corrected chi connectivity index (χ2v) is 4.63. The van der Waals surface area contributed by atoms with Crippen molar-refractivity contribution in [1.29, 1.82) is 0 Å². The second kappa shape index (κ2) is 6.92. The molecule has 0 unspecified atom stereocenters. The summed E-state index contributed by atoms with van der Waals surface area (Å²) in [4.78, 5) is 22.2. The largest absolute Gasteiger partial charge is 0.483 e. The van der Waals surface area contributed by atoms with Crippen molar-refractivity contribution in [2.24, 2.45) is 0 Å². The highest BCUT2D eigenvalue weighted by molar-refractivity contribution is 6.09. The van der Waals surface area contributed by atoms with Crippen LogP contribution in [0.15, 0.2) is 18.2 Å². The normalized spacial score (nSPS) is 12.8. The fourth-order valence-electron chi connectivity index (χ4n) is 1.56. The van der Waals surface area contributed by atoms with Crippen LogP contribution in [0.25, 0.3) is 0 Å². The molecule has 1 aromatic carbocycles. The van der Waals surface area contributed by atoms with Crippen LogP contribution in [0.2, 0.25) is 0 Å². The first-order valence-corrected chi connectivity index (χ1v) is 6.15. The molecule has 0 heterocycles. The Balaban J connectivity index is 3.12. The number of alkyl halides is 9. The number of benzene rings is 1. The fourth-order valence-corrected chi connectivity index (χ4v) is 1.56. The maximum atomic E-state index is 12.8. The third-order valence-corrected chi connectivity index (χ3v) is 2.64. The molecule has 25 heavy (non-hydrogen) atoms. The Bertz CT molecular complexity index is 656. The van der Waals surface area contributed by atoms with Crippen molar-refractivity contribution in [2.45, 2.75) is 24.9 Å². The van der Waals surface area contributed by atoms with Crippen LogP contribution >= 0.6 is 0 Å². The Hall–Kier alpha value is -2.27. The molecule has 140 valence electrons. The zero-order valence-electron chi connectivity index (χ0n) is 11.8. The molecule has 0 aliphatic rings. The second-order valence-electron chi connectivity index (χ2n) is 4.63. The number of hydrogen-bond acceptors (Lipinski definition) is 3. The summed E-state index contributed by atoms with van der Waals surface area (Å²) in [5.41, 5.74) is -2.72. The van der Waals surface area contributed by atoms with E-state index in [0.29, 0.717) is 12.1 Å². The molecule has 3 nitrogen and oxygen atoms in total. The van der Waals surface area contributed by atoms with Gasteiger partial charge in [-0.15, -0.1) is 0 Å². The van der Waals surface area contributed by atoms with Gasteiger partial charge in [0.05, 0.1) is 12.0 Å². The van der Waals surface area contributed by atoms with Crippen LogP contribution in [0.5, 0.6) is 5.75 Å². The highest BCUT2D eigenvalue weighted by Crippen LogP contribution is 2.37. The molecule has 0 radical (unpaired) electrons. The van der Waals surface area contributed by atoms with Crippen LogP contribution in [-0.4, -0.2) is 30.5 Å². The first-order chi connectivity index (χ1) is 11.1. The van der Waals surface area contributed by atoms with Gasteiger partial charge in [-0.25, -0.2) is 0 Å². The maximum absolute atomic E-state index is 12.8. The summed E-state index contributed by atoms with van der Waals surface area (Å²) in [5.74, 6) is -5.30. The minimum atomic E-state index is -5.35. The summed E-state index contributed by atoms with van der Waals surface area (Å²) in [6.45, 7) is -2.05. The minimum absolute atomic E-state index is 0.0255. The molecule has 0 fully saturated rings. The summed E-state index contributed by atoms with van der Waals surface area (Å²) in [6.07, 6.45) is -17.3. The van der Waals surface area contributed by atoms with E-state index in [9.17, 15) is 49.1 Å². The molecule has 0 bridgehead atoms. The monoisotopic (exact) mass is 382 g/mol. The number of ketones is 2. The topological polar surface area (TPSA) is 43.4 Å². The van der Waals surface area contributed by atoms with E-state index in [1.54, 1.807) is 0 Å². The molecule has 0 aromatic heterocycles. The molecular weight excluding hydrogens is 375 g/mol. The predicted octanol–water partition coefficient (Wildman–Crippen LogP) is 4.35. The Kier molecular flexibility index (Phi) is 5.75. The van der Waals surface area contributed by atoms with E-state index in [-0.39, 0.29) is 6.07 Å². The van der Waals surface area contributed by atoms with Gasteiger partial charge in [-0.3, -0.25) is 9.59 Å². The average Bonchev–Trinajstić information content (AvgIpc) is 2.42. The van der Waals surface area contributed by atoms with Gasteiger partial charge in [-0.05, 0) is 18.2 Å². The van der Waals surface area contributed by atoms with Crippen molar-refractivity contribution in [2.75, 3.05) is 6.61 Å². The average molecular weight is 382 g/mol. The molecular formula is C13H7F9O3. The molecule has 0 aliphatic heterocycles. The van der Waals surface area contributed by atoms with Gasteiger partial charge in [-0.1, -0.05) is 0 Å². The quantitative estimate of drug-likeness (QED) is 0.432. The lowest BCUT2D eigenvalue weighted by Crippen LogP contribution is -2.25. The summed E-state index contributed by atoms with van der Waals surface area (Å²) in [6, 6.07) is 0.921. The Morgan fingerprint density at radius 1 is 0.920 bits per heavy atom. The van der Waals surface area contributed by atoms with E-state index < -0.39 is 60.0 Å². The van der Waals surface area contributed by atoms with E-state index in [2.05, 4.69) is 4.74 Å². The summed E-state index contributed by atoms with van der Waals surface area (Å²) >= 11 is 0. The standard InChI is InChI=1S/C13H7F9O3/c14-11(15,16)5-25-9-2-1-6(3-7(9)12(17,18)19)8(23)4-10(24)13(20,21)22/h1-3H,4-5H2. The van der Waals surface area contributed by atoms with Crippen molar-refractivity contribution in [1.82, 2.24) is 0 Å². The molecule has 1 rings (SSSR count). The maximum Gasteiger partial charge on any atom is 0.450 e. The third kappa shape index (κ3) is 6.27. The van der Waals surface area contributed by atoms with E-state index in [4.69, 9.17) is 0 Å². The van der Waals surface area contributed by atoms with Crippen molar-refractivity contribution in [3.8, 4) is 5.75 Å². The van der Waals surface area contributed by atoms with Crippen LogP contribution < -0.4 is 4.74 Å². The number of halogens is 9. The summed E-state index contributed by atoms with van der Waals surface area (Å²) in [7, 11) is 0. The number of carbonyl (C=O) groups is 2. The first kappa shape index (κ1) is 20.8. The molecule has 12 heteroatoms. The van der Waals surface area contributed by atoms with E-state index >= 15 is 0 Å². The molecule has 0 atom stereocenters. The smallest absolute Gasteiger partial charge is 0.450 e. The summed E-state index contributed by atoms with van der Waals surface area (Å²) in [5, 5.41) is 0. The van der Waals surface area contributed by atoms with E-state index in [0.717, 1.165) is 0 Å². The number of hydrogen-bond donors (Lipinski definition) is 0. The van der Waals surface area contributed by atoms with E-state index in [1.807, 2.05) is 0 Å². The van der Waals surface area contributed by atoms with Gasteiger partial charge in [0, 0.05) is 5.56 Å². The highest BCUT2D eigenvalue weighted by atomic mass is 19.4. The lowest BCUT2D eigenvalue weighted by Gasteiger charge is -2.16. The van der Waals surface area contributed by atoms with E-state index in [1.165, 1.54) is 0 Å². The molecule has 0 saturated heterocycles. The lowest BCUT2D eigenvalue weighted by atomic mass is 10.0. The van der Waals surface area contributed by atoms with Crippen LogP contribution in [0.4, 0.5) is 39.5 Å². The molecule has 0 amide bonds. The van der Waals surface area contributed by atoms with Crippen LogP contribution in [0.1, 0.15) is 22.3 Å². The molecule has 0 spiro atoms. The number of rotatable bonds is 5. The molecule has 0 saturated carbocycles. The Morgan fingerprint density at radius 2 is 1.48 bits per heavy atom. The molecule has 1 aromatic rings. The van der Waals surface area contributed by atoms with Crippen molar-refractivity contribution in [3.63, 3.8) is 0 Å². The lowest BCUT2D eigenvalue weighted by molar-refractivity contribution is -0.170. The fraction of sp³-hybridized carbons (Fsp3) is 0.385. The van der Waals surface area contributed by atoms with Gasteiger partial charge in [-0.2, -0.15) is 39.5 Å². The van der Waals surface area contributed by atoms with Crippen LogP contribution in [-0.2, 0) is 11.0 Å². The van der Waals surface area contributed by atoms with Gasteiger partial charge < -0.3 is 4.74 Å². The van der Waals surface area contributed by atoms with Gasteiger partial charge >= 0.3 is 18.5 Å².